The van der Waals surface area contributed by atoms with E-state index in [2.05, 4.69) is 4.98 Å². The molecule has 1 heterocycles. The number of methoxy groups -OCH3 is 1. The zero-order valence-electron chi connectivity index (χ0n) is 8.57. The summed E-state index contributed by atoms with van der Waals surface area (Å²) in [5.41, 5.74) is -0.747. The first-order valence-corrected chi connectivity index (χ1v) is 5.68. The molecule has 0 spiro atoms. The second-order valence-corrected chi connectivity index (χ2v) is 4.52. The Kier molecular flexibility index (Phi) is 3.44. The fraction of sp³-hybridized carbons (Fsp3) is 0.375. The lowest BCUT2D eigenvalue weighted by Crippen LogP contribution is -2.17. The van der Waals surface area contributed by atoms with E-state index in [9.17, 15) is 17.2 Å². The molecule has 0 unspecified atom stereocenters. The van der Waals surface area contributed by atoms with Crippen LogP contribution in [0.3, 0.4) is 0 Å². The highest BCUT2D eigenvalue weighted by atomic mass is 32.2. The van der Waals surface area contributed by atoms with Gasteiger partial charge >= 0.3 is 0 Å². The molecule has 1 aromatic heterocycles. The van der Waals surface area contributed by atoms with Gasteiger partial charge in [0.15, 0.2) is 0 Å². The van der Waals surface area contributed by atoms with Gasteiger partial charge in [0.05, 0.1) is 12.7 Å². The lowest BCUT2D eigenvalue weighted by atomic mass is 10.2. The number of ether oxygens (including phenoxy) is 1. The van der Waals surface area contributed by atoms with Crippen LogP contribution in [0, 0.1) is 6.92 Å². The standard InChI is InChI=1S/C8H10F2N2O3S/c1-4-6(16(11,13)14)5(7(9)10)3-12-8(4)15-2/h3,7H,1-2H3,(H2,11,13,14). The van der Waals surface area contributed by atoms with Crippen molar-refractivity contribution in [1.82, 2.24) is 4.98 Å². The normalized spacial score (nSPS) is 11.9. The number of nitrogens with two attached hydrogens (primary N) is 1. The fourth-order valence-corrected chi connectivity index (χ4v) is 2.32. The Balaban J connectivity index is 3.63. The van der Waals surface area contributed by atoms with Crippen molar-refractivity contribution in [2.24, 2.45) is 5.14 Å². The van der Waals surface area contributed by atoms with E-state index in [1.54, 1.807) is 0 Å². The van der Waals surface area contributed by atoms with Crippen LogP contribution in [0.2, 0.25) is 0 Å². The minimum absolute atomic E-state index is 0.0252. The summed E-state index contributed by atoms with van der Waals surface area (Å²) >= 11 is 0. The van der Waals surface area contributed by atoms with Crippen LogP contribution < -0.4 is 9.88 Å². The predicted molar refractivity (Wildman–Crippen MR) is 51.9 cm³/mol. The number of primary sulfonamides is 1. The number of sulfonamides is 1. The van der Waals surface area contributed by atoms with Crippen molar-refractivity contribution in [2.75, 3.05) is 7.11 Å². The van der Waals surface area contributed by atoms with E-state index in [4.69, 9.17) is 9.88 Å². The van der Waals surface area contributed by atoms with Crippen LogP contribution >= 0.6 is 0 Å². The molecule has 0 atom stereocenters. The highest BCUT2D eigenvalue weighted by Crippen LogP contribution is 2.31. The molecule has 8 heteroatoms. The van der Waals surface area contributed by atoms with Gasteiger partial charge < -0.3 is 4.74 Å². The molecule has 2 N–H and O–H groups in total. The maximum Gasteiger partial charge on any atom is 0.266 e. The van der Waals surface area contributed by atoms with Crippen molar-refractivity contribution in [3.05, 3.63) is 17.3 Å². The Hall–Kier alpha value is -1.28. The average Bonchev–Trinajstić information content (AvgIpc) is 2.14. The van der Waals surface area contributed by atoms with Gasteiger partial charge in [-0.15, -0.1) is 0 Å². The summed E-state index contributed by atoms with van der Waals surface area (Å²) in [6.45, 7) is 1.30. The van der Waals surface area contributed by atoms with Crippen molar-refractivity contribution in [2.45, 2.75) is 18.2 Å². The zero-order chi connectivity index (χ0) is 12.5. The summed E-state index contributed by atoms with van der Waals surface area (Å²) in [6, 6.07) is 0. The minimum atomic E-state index is -4.24. The number of hydrogen-bond donors (Lipinski definition) is 1. The number of hydrogen-bond acceptors (Lipinski definition) is 4. The van der Waals surface area contributed by atoms with Crippen molar-refractivity contribution in [3.8, 4) is 5.88 Å². The summed E-state index contributed by atoms with van der Waals surface area (Å²) in [5.74, 6) is -0.0478. The first-order chi connectivity index (χ1) is 7.29. The number of alkyl halides is 2. The SMILES string of the molecule is COc1ncc(C(F)F)c(S(N)(=O)=O)c1C. The summed E-state index contributed by atoms with van der Waals surface area (Å²) in [7, 11) is -2.99. The molecular formula is C8H10F2N2O3S. The Bertz CT molecular complexity index is 502. The second kappa shape index (κ2) is 4.30. The van der Waals surface area contributed by atoms with Gasteiger partial charge in [0.25, 0.3) is 6.43 Å². The molecule has 0 saturated carbocycles. The van der Waals surface area contributed by atoms with E-state index in [1.165, 1.54) is 14.0 Å². The molecule has 0 amide bonds. The monoisotopic (exact) mass is 252 g/mol. The van der Waals surface area contributed by atoms with Crippen LogP contribution in [0.15, 0.2) is 11.1 Å². The molecule has 0 radical (unpaired) electrons. The van der Waals surface area contributed by atoms with Gasteiger partial charge in [-0.25, -0.2) is 27.3 Å². The smallest absolute Gasteiger partial charge is 0.266 e. The quantitative estimate of drug-likeness (QED) is 0.869. The summed E-state index contributed by atoms with van der Waals surface area (Å²) in [6.07, 6.45) is -2.22. The number of halogens is 2. The van der Waals surface area contributed by atoms with Gasteiger partial charge in [0.1, 0.15) is 4.90 Å². The molecule has 0 aromatic carbocycles. The van der Waals surface area contributed by atoms with Gasteiger partial charge in [0.2, 0.25) is 15.9 Å². The summed E-state index contributed by atoms with van der Waals surface area (Å²) < 4.78 is 52.3. The highest BCUT2D eigenvalue weighted by Gasteiger charge is 2.25. The number of nitrogens with zero attached hydrogens (tertiary/aromatic N) is 1. The Labute approximate surface area is 91.3 Å². The highest BCUT2D eigenvalue weighted by molar-refractivity contribution is 7.89. The van der Waals surface area contributed by atoms with E-state index in [0.29, 0.717) is 0 Å². The largest absolute Gasteiger partial charge is 0.481 e. The van der Waals surface area contributed by atoms with E-state index in [1.807, 2.05) is 0 Å². The number of rotatable bonds is 3. The molecule has 5 nitrogen and oxygen atoms in total. The van der Waals surface area contributed by atoms with Gasteiger partial charge in [-0.3, -0.25) is 0 Å². The molecule has 1 aromatic rings. The maximum atomic E-state index is 12.6. The van der Waals surface area contributed by atoms with Crippen molar-refractivity contribution >= 4 is 10.0 Å². The number of aromatic nitrogens is 1. The van der Waals surface area contributed by atoms with Crippen molar-refractivity contribution in [1.29, 1.82) is 0 Å². The van der Waals surface area contributed by atoms with Crippen LogP contribution in [0.4, 0.5) is 8.78 Å². The zero-order valence-corrected chi connectivity index (χ0v) is 9.38. The van der Waals surface area contributed by atoms with Crippen molar-refractivity contribution < 1.29 is 21.9 Å². The molecule has 0 aliphatic heterocycles. The Morgan fingerprint density at radius 2 is 2.06 bits per heavy atom. The molecule has 0 saturated heterocycles. The maximum absolute atomic E-state index is 12.6. The number of pyridine rings is 1. The molecule has 90 valence electrons. The molecule has 0 aliphatic carbocycles. The topological polar surface area (TPSA) is 82.3 Å². The van der Waals surface area contributed by atoms with E-state index >= 15 is 0 Å². The van der Waals surface area contributed by atoms with Crippen LogP contribution in [0.25, 0.3) is 0 Å². The van der Waals surface area contributed by atoms with Crippen molar-refractivity contribution in [3.63, 3.8) is 0 Å². The van der Waals surface area contributed by atoms with Gasteiger partial charge in [-0.1, -0.05) is 0 Å². The molecular weight excluding hydrogens is 242 g/mol. The van der Waals surface area contributed by atoms with Crippen LogP contribution in [-0.2, 0) is 10.0 Å². The van der Waals surface area contributed by atoms with E-state index in [-0.39, 0.29) is 11.4 Å². The molecule has 0 aliphatic rings. The van der Waals surface area contributed by atoms with Crippen LogP contribution in [0.5, 0.6) is 5.88 Å². The lowest BCUT2D eigenvalue weighted by Gasteiger charge is -2.12. The third-order valence-corrected chi connectivity index (χ3v) is 3.07. The lowest BCUT2D eigenvalue weighted by molar-refractivity contribution is 0.147. The van der Waals surface area contributed by atoms with E-state index < -0.39 is 26.9 Å². The summed E-state index contributed by atoms with van der Waals surface area (Å²) in [5, 5.41) is 4.88. The second-order valence-electron chi connectivity index (χ2n) is 3.02. The Morgan fingerprint density at radius 3 is 2.44 bits per heavy atom. The van der Waals surface area contributed by atoms with Gasteiger partial charge in [-0.05, 0) is 6.92 Å². The molecule has 1 rings (SSSR count). The van der Waals surface area contributed by atoms with Crippen LogP contribution in [-0.4, -0.2) is 20.5 Å². The van der Waals surface area contributed by atoms with Crippen LogP contribution in [0.1, 0.15) is 17.6 Å². The molecule has 16 heavy (non-hydrogen) atoms. The predicted octanol–water partition coefficient (Wildman–Crippen LogP) is 0.984. The van der Waals surface area contributed by atoms with E-state index in [0.717, 1.165) is 6.20 Å². The first kappa shape index (κ1) is 12.8. The van der Waals surface area contributed by atoms with Gasteiger partial charge in [0, 0.05) is 11.8 Å². The molecule has 0 bridgehead atoms. The minimum Gasteiger partial charge on any atom is -0.481 e. The first-order valence-electron chi connectivity index (χ1n) is 4.13. The average molecular weight is 252 g/mol. The fourth-order valence-electron chi connectivity index (χ4n) is 1.34. The third-order valence-electron chi connectivity index (χ3n) is 1.96. The third kappa shape index (κ3) is 2.27. The summed E-state index contributed by atoms with van der Waals surface area (Å²) in [4.78, 5) is 2.94. The van der Waals surface area contributed by atoms with Gasteiger partial charge in [-0.2, -0.15) is 0 Å². The Morgan fingerprint density at radius 1 is 1.50 bits per heavy atom. The molecule has 0 fully saturated rings.